The number of aromatic nitrogens is 2. The lowest BCUT2D eigenvalue weighted by Gasteiger charge is -2.12. The van der Waals surface area contributed by atoms with Crippen molar-refractivity contribution in [1.82, 2.24) is 15.1 Å². The lowest BCUT2D eigenvalue weighted by Crippen LogP contribution is -2.43. The molecule has 1 amide bonds. The van der Waals surface area contributed by atoms with Gasteiger partial charge in [0.1, 0.15) is 11.2 Å². The summed E-state index contributed by atoms with van der Waals surface area (Å²) in [4.78, 5) is 21.9. The second-order valence-corrected chi connectivity index (χ2v) is 6.18. The number of rotatable bonds is 6. The highest BCUT2D eigenvalue weighted by atomic mass is 35.5. The summed E-state index contributed by atoms with van der Waals surface area (Å²) in [6.07, 6.45) is 0. The number of carboxylic acids is 1. The first-order chi connectivity index (χ1) is 9.22. The highest BCUT2D eigenvalue weighted by Crippen LogP contribution is 2.20. The summed E-state index contributed by atoms with van der Waals surface area (Å²) in [5, 5.41) is 15.7. The van der Waals surface area contributed by atoms with Crippen LogP contribution in [0, 0.1) is 6.92 Å². The number of halogens is 1. The smallest absolute Gasteiger partial charge is 0.327 e. The van der Waals surface area contributed by atoms with E-state index in [4.69, 9.17) is 16.7 Å². The number of nitrogens with one attached hydrogen (secondary N) is 1. The van der Waals surface area contributed by atoms with Gasteiger partial charge in [0, 0.05) is 30.3 Å². The molecule has 20 heavy (non-hydrogen) atoms. The van der Waals surface area contributed by atoms with Crippen LogP contribution in [0.1, 0.15) is 18.2 Å². The first-order valence-corrected chi connectivity index (χ1v) is 7.61. The fraction of sp³-hybridized carbons (Fsp3) is 0.545. The number of hydrogen-bond donors (Lipinski definition) is 2. The molecule has 0 saturated carbocycles. The SMILES string of the molecule is CC(=O)NC(CS(=O)Cc1c(C)nn(C)c1Cl)C(=O)O. The van der Waals surface area contributed by atoms with E-state index in [1.165, 1.54) is 11.6 Å². The van der Waals surface area contributed by atoms with Crippen LogP contribution in [0.3, 0.4) is 0 Å². The van der Waals surface area contributed by atoms with Gasteiger partial charge in [-0.25, -0.2) is 4.79 Å². The van der Waals surface area contributed by atoms with Crippen molar-refractivity contribution in [2.24, 2.45) is 7.05 Å². The topological polar surface area (TPSA) is 101 Å². The van der Waals surface area contributed by atoms with E-state index in [-0.39, 0.29) is 11.5 Å². The first kappa shape index (κ1) is 16.6. The molecule has 1 aromatic rings. The number of hydrogen-bond acceptors (Lipinski definition) is 4. The summed E-state index contributed by atoms with van der Waals surface area (Å²) in [6.45, 7) is 2.95. The molecule has 0 aromatic carbocycles. The summed E-state index contributed by atoms with van der Waals surface area (Å²) >= 11 is 6.02. The summed E-state index contributed by atoms with van der Waals surface area (Å²) < 4.78 is 13.5. The number of aliphatic carboxylic acids is 1. The van der Waals surface area contributed by atoms with E-state index in [0.717, 1.165) is 0 Å². The zero-order valence-electron chi connectivity index (χ0n) is 11.3. The third-order valence-electron chi connectivity index (χ3n) is 2.60. The Morgan fingerprint density at radius 1 is 1.55 bits per heavy atom. The Morgan fingerprint density at radius 3 is 2.55 bits per heavy atom. The third-order valence-corrected chi connectivity index (χ3v) is 4.39. The third kappa shape index (κ3) is 4.31. The van der Waals surface area contributed by atoms with E-state index in [1.54, 1.807) is 14.0 Å². The highest BCUT2D eigenvalue weighted by molar-refractivity contribution is 7.84. The lowest BCUT2D eigenvalue weighted by atomic mass is 10.3. The molecule has 2 atom stereocenters. The standard InChI is InChI=1S/C11H16ClN3O4S/c1-6-8(10(12)15(3)14-6)4-20(19)5-9(11(17)18)13-7(2)16/h9H,4-5H2,1-3H3,(H,13,16)(H,17,18). The van der Waals surface area contributed by atoms with Crippen molar-refractivity contribution in [2.45, 2.75) is 25.6 Å². The molecule has 0 aliphatic rings. The van der Waals surface area contributed by atoms with E-state index in [1.807, 2.05) is 0 Å². The second kappa shape index (κ2) is 6.85. The van der Waals surface area contributed by atoms with Gasteiger partial charge in [-0.15, -0.1) is 0 Å². The minimum absolute atomic E-state index is 0.0991. The van der Waals surface area contributed by atoms with Crippen molar-refractivity contribution in [3.8, 4) is 0 Å². The highest BCUT2D eigenvalue weighted by Gasteiger charge is 2.23. The van der Waals surface area contributed by atoms with Gasteiger partial charge >= 0.3 is 5.97 Å². The Bertz CT molecular complexity index is 558. The molecule has 1 rings (SSSR count). The summed E-state index contributed by atoms with van der Waals surface area (Å²) in [5.41, 5.74) is 1.27. The molecule has 112 valence electrons. The molecule has 2 N–H and O–H groups in total. The van der Waals surface area contributed by atoms with Crippen LogP contribution in [0.25, 0.3) is 0 Å². The van der Waals surface area contributed by atoms with Crippen LogP contribution < -0.4 is 5.32 Å². The van der Waals surface area contributed by atoms with Crippen LogP contribution >= 0.6 is 11.6 Å². The zero-order chi connectivity index (χ0) is 15.4. The maximum atomic E-state index is 12.0. The Morgan fingerprint density at radius 2 is 2.15 bits per heavy atom. The Kier molecular flexibility index (Phi) is 5.70. The second-order valence-electron chi connectivity index (χ2n) is 4.32. The van der Waals surface area contributed by atoms with E-state index in [2.05, 4.69) is 10.4 Å². The number of carbonyl (C=O) groups is 2. The Labute approximate surface area is 123 Å². The van der Waals surface area contributed by atoms with Crippen molar-refractivity contribution in [3.63, 3.8) is 0 Å². The number of amides is 1. The summed E-state index contributed by atoms with van der Waals surface area (Å²) in [6, 6.07) is -1.18. The minimum Gasteiger partial charge on any atom is -0.480 e. The van der Waals surface area contributed by atoms with Gasteiger partial charge in [-0.3, -0.25) is 13.7 Å². The maximum Gasteiger partial charge on any atom is 0.327 e. The van der Waals surface area contributed by atoms with Crippen LogP contribution in [0.5, 0.6) is 0 Å². The molecule has 1 aromatic heterocycles. The monoisotopic (exact) mass is 321 g/mol. The van der Waals surface area contributed by atoms with Gasteiger partial charge in [0.05, 0.1) is 17.2 Å². The van der Waals surface area contributed by atoms with Crippen LogP contribution in [0.4, 0.5) is 0 Å². The molecular weight excluding hydrogens is 306 g/mol. The molecule has 0 radical (unpaired) electrons. The van der Waals surface area contributed by atoms with Crippen LogP contribution in [0.2, 0.25) is 5.15 Å². The van der Waals surface area contributed by atoms with Crippen molar-refractivity contribution in [1.29, 1.82) is 0 Å². The van der Waals surface area contributed by atoms with E-state index >= 15 is 0 Å². The molecule has 1 heterocycles. The van der Waals surface area contributed by atoms with Gasteiger partial charge in [0.25, 0.3) is 0 Å². The molecule has 0 aliphatic heterocycles. The van der Waals surface area contributed by atoms with Gasteiger partial charge < -0.3 is 10.4 Å². The lowest BCUT2D eigenvalue weighted by molar-refractivity contribution is -0.140. The molecule has 0 fully saturated rings. The molecule has 0 aliphatic carbocycles. The van der Waals surface area contributed by atoms with Crippen molar-refractivity contribution < 1.29 is 18.9 Å². The van der Waals surface area contributed by atoms with Gasteiger partial charge in [0.2, 0.25) is 5.91 Å². The predicted molar refractivity (Wildman–Crippen MR) is 74.9 cm³/mol. The summed E-state index contributed by atoms with van der Waals surface area (Å²) in [5.74, 6) is -1.78. The van der Waals surface area contributed by atoms with Gasteiger partial charge in [0.15, 0.2) is 0 Å². The zero-order valence-corrected chi connectivity index (χ0v) is 12.9. The Hall–Kier alpha value is -1.41. The molecule has 0 bridgehead atoms. The average molecular weight is 322 g/mol. The molecule has 2 unspecified atom stereocenters. The van der Waals surface area contributed by atoms with Crippen LogP contribution in [-0.4, -0.2) is 42.8 Å². The van der Waals surface area contributed by atoms with E-state index < -0.39 is 28.7 Å². The average Bonchev–Trinajstić information content (AvgIpc) is 2.54. The fourth-order valence-electron chi connectivity index (χ4n) is 1.66. The Balaban J connectivity index is 2.75. The number of carbonyl (C=O) groups excluding carboxylic acids is 1. The molecule has 0 saturated heterocycles. The number of carboxylic acid groups (broad SMARTS) is 1. The fourth-order valence-corrected chi connectivity index (χ4v) is 3.37. The van der Waals surface area contributed by atoms with Crippen molar-refractivity contribution in [2.75, 3.05) is 5.75 Å². The van der Waals surface area contributed by atoms with Gasteiger partial charge in [-0.1, -0.05) is 11.6 Å². The van der Waals surface area contributed by atoms with Crippen LogP contribution in [-0.2, 0) is 33.2 Å². The minimum atomic E-state index is -1.48. The normalized spacial score (nSPS) is 13.8. The van der Waals surface area contributed by atoms with E-state index in [0.29, 0.717) is 16.4 Å². The predicted octanol–water partition coefficient (Wildman–Crippen LogP) is 0.220. The largest absolute Gasteiger partial charge is 0.480 e. The van der Waals surface area contributed by atoms with Crippen LogP contribution in [0.15, 0.2) is 0 Å². The molecular formula is C11H16ClN3O4S. The molecule has 9 heteroatoms. The maximum absolute atomic E-state index is 12.0. The number of aryl methyl sites for hydroxylation is 2. The van der Waals surface area contributed by atoms with E-state index in [9.17, 15) is 13.8 Å². The van der Waals surface area contributed by atoms with Crippen molar-refractivity contribution >= 4 is 34.3 Å². The molecule has 0 spiro atoms. The van der Waals surface area contributed by atoms with Gasteiger partial charge in [-0.2, -0.15) is 5.10 Å². The van der Waals surface area contributed by atoms with Gasteiger partial charge in [-0.05, 0) is 6.92 Å². The number of nitrogens with zero attached hydrogens (tertiary/aromatic N) is 2. The molecule has 7 nitrogen and oxygen atoms in total. The summed E-state index contributed by atoms with van der Waals surface area (Å²) in [7, 11) is 0.187. The van der Waals surface area contributed by atoms with Crippen molar-refractivity contribution in [3.05, 3.63) is 16.4 Å². The quantitative estimate of drug-likeness (QED) is 0.780. The first-order valence-electron chi connectivity index (χ1n) is 5.75.